The van der Waals surface area contributed by atoms with E-state index in [-0.39, 0.29) is 49.0 Å². The van der Waals surface area contributed by atoms with Crippen molar-refractivity contribution in [3.63, 3.8) is 0 Å². The Bertz CT molecular complexity index is 2960. The second-order valence-electron chi connectivity index (χ2n) is 19.7. The Kier molecular flexibility index (Phi) is 29.4. The van der Waals surface area contributed by atoms with Crippen molar-refractivity contribution in [2.75, 3.05) is 57.6 Å². The molecule has 0 saturated carbocycles. The molecule has 13 nitrogen and oxygen atoms in total. The van der Waals surface area contributed by atoms with Gasteiger partial charge in [0.2, 0.25) is 5.70 Å². The van der Waals surface area contributed by atoms with E-state index in [1.54, 1.807) is 24.3 Å². The van der Waals surface area contributed by atoms with Crippen LogP contribution in [0.3, 0.4) is 0 Å². The van der Waals surface area contributed by atoms with Crippen LogP contribution in [0, 0.1) is 29.2 Å². The number of ether oxygens (including phenoxy) is 6. The van der Waals surface area contributed by atoms with E-state index in [2.05, 4.69) is 91.6 Å². The van der Waals surface area contributed by atoms with E-state index in [1.165, 1.54) is 41.3 Å². The maximum atomic E-state index is 13.2. The first kappa shape index (κ1) is 66.8. The van der Waals surface area contributed by atoms with Crippen molar-refractivity contribution >= 4 is 58.7 Å². The summed E-state index contributed by atoms with van der Waals surface area (Å²) >= 11 is 3.06. The highest BCUT2D eigenvalue weighted by molar-refractivity contribution is 7.15. The fourth-order valence-electron chi connectivity index (χ4n) is 8.63. The number of aliphatic hydroxyl groups is 1. The number of nitrogens with zero attached hydrogens (tertiary/aromatic N) is 4. The molecular formula is C65H79F3N4O9S2. The van der Waals surface area contributed by atoms with E-state index in [4.69, 9.17) is 40.0 Å². The summed E-state index contributed by atoms with van der Waals surface area (Å²) in [6.45, 7) is 24.9. The Morgan fingerprint density at radius 3 is 1.63 bits per heavy atom. The zero-order valence-corrected chi connectivity index (χ0v) is 50.4. The third-order valence-electron chi connectivity index (χ3n) is 13.3. The van der Waals surface area contributed by atoms with Gasteiger partial charge in [-0.05, 0) is 125 Å². The van der Waals surface area contributed by atoms with E-state index in [9.17, 15) is 28.8 Å². The molecule has 2 aromatic carbocycles. The molecule has 1 aliphatic rings. The zero-order valence-electron chi connectivity index (χ0n) is 48.8. The molecule has 446 valence electrons. The van der Waals surface area contributed by atoms with Crippen molar-refractivity contribution in [3.8, 4) is 40.9 Å². The van der Waals surface area contributed by atoms with Crippen LogP contribution in [0.25, 0.3) is 35.2 Å². The number of hydrogen-bond acceptors (Lipinski definition) is 14. The number of hydrogen-bond donors (Lipinski definition) is 1. The molecule has 4 aromatic rings. The minimum Gasteiger partial charge on any atom is -0.493 e. The van der Waals surface area contributed by atoms with Crippen LogP contribution in [0.1, 0.15) is 162 Å². The summed E-state index contributed by atoms with van der Waals surface area (Å²) in [5.74, 6) is 2.32. The summed E-state index contributed by atoms with van der Waals surface area (Å²) in [7, 11) is 0. The van der Waals surface area contributed by atoms with E-state index in [0.717, 1.165) is 115 Å². The predicted molar refractivity (Wildman–Crippen MR) is 326 cm³/mol. The standard InChI is InChI=1S/C65H79F3N4O9S2/c1-8-13-39-74-59-53(32-26-47-22-27-50(28-23-47)72(12-5)37-19-17-18-20-38-73)82-55(61(59)76-41-15-10-3)34-35-56-62(77-42-16-11-4)60(75-40-14-9-2)54(83-56)33-31-52-57(71-7)58(49(44-69)45-70)81-65(52,6)36-21-43-78-79-46-48-24-29-51(30-25-48)80-64(68)63(66)67/h22-35,73H,8-21,36-43,46H2,1-6H3. The molecule has 2 aromatic heterocycles. The van der Waals surface area contributed by atoms with Gasteiger partial charge in [0, 0.05) is 31.0 Å². The van der Waals surface area contributed by atoms with Crippen LogP contribution in [-0.4, -0.2) is 63.4 Å². The molecule has 5 rings (SSSR count). The smallest absolute Gasteiger partial charge is 0.344 e. The van der Waals surface area contributed by atoms with Gasteiger partial charge in [-0.2, -0.15) is 23.7 Å². The Labute approximate surface area is 496 Å². The molecule has 0 bridgehead atoms. The fourth-order valence-corrected chi connectivity index (χ4v) is 10.6. The third-order valence-corrected chi connectivity index (χ3v) is 15.5. The summed E-state index contributed by atoms with van der Waals surface area (Å²) in [4.78, 5) is 20.4. The van der Waals surface area contributed by atoms with Crippen molar-refractivity contribution in [1.82, 2.24) is 0 Å². The maximum absolute atomic E-state index is 13.2. The molecule has 3 heterocycles. The van der Waals surface area contributed by atoms with Gasteiger partial charge in [0.05, 0.1) is 59.1 Å². The monoisotopic (exact) mass is 1180 g/mol. The Hall–Kier alpha value is -6.98. The van der Waals surface area contributed by atoms with Crippen LogP contribution in [0.4, 0.5) is 18.9 Å². The highest BCUT2D eigenvalue weighted by Gasteiger charge is 2.42. The quantitative estimate of drug-likeness (QED) is 0.0113. The SMILES string of the molecule is [C-]#[N+]C1=C(C=Cc2sc(C=Cc3sc(C=Cc4ccc(N(CC)CCCCCCO)cc4)c(OCCCC)c3OCCCC)c(OCCCC)c2OCCCC)C(C)(CCCOOCc2ccc(OC(F)=C(F)F)cc2)OC1=C(C#N)C#N. The lowest BCUT2D eigenvalue weighted by Crippen LogP contribution is -2.26. The molecule has 83 heavy (non-hydrogen) atoms. The highest BCUT2D eigenvalue weighted by Crippen LogP contribution is 2.49. The predicted octanol–water partition coefficient (Wildman–Crippen LogP) is 17.9. The van der Waals surface area contributed by atoms with Crippen molar-refractivity contribution in [2.24, 2.45) is 0 Å². The number of unbranched alkanes of at least 4 members (excludes halogenated alkanes) is 7. The highest BCUT2D eigenvalue weighted by atomic mass is 32.1. The van der Waals surface area contributed by atoms with Gasteiger partial charge in [-0.3, -0.25) is 0 Å². The van der Waals surface area contributed by atoms with Gasteiger partial charge in [0.15, 0.2) is 34.3 Å². The molecule has 0 radical (unpaired) electrons. The van der Waals surface area contributed by atoms with E-state index in [1.807, 2.05) is 24.3 Å². The van der Waals surface area contributed by atoms with Gasteiger partial charge in [0.1, 0.15) is 30.1 Å². The van der Waals surface area contributed by atoms with Crippen molar-refractivity contribution < 1.29 is 56.5 Å². The molecule has 0 saturated heterocycles. The molecule has 1 aliphatic heterocycles. The minimum absolute atomic E-state index is 0.0114. The fraction of sp³-hybridized carbons (Fsp3) is 0.462. The van der Waals surface area contributed by atoms with Crippen molar-refractivity contribution in [1.29, 1.82) is 10.5 Å². The van der Waals surface area contributed by atoms with Crippen LogP contribution in [0.2, 0.25) is 0 Å². The van der Waals surface area contributed by atoms with E-state index < -0.39 is 17.7 Å². The van der Waals surface area contributed by atoms with Crippen molar-refractivity contribution in [3.05, 3.63) is 131 Å². The lowest BCUT2D eigenvalue weighted by Gasteiger charge is -2.27. The number of rotatable bonds is 39. The Balaban J connectivity index is 1.50. The van der Waals surface area contributed by atoms with Crippen molar-refractivity contribution in [2.45, 2.75) is 144 Å². The molecule has 0 spiro atoms. The van der Waals surface area contributed by atoms with E-state index in [0.29, 0.717) is 67.0 Å². The van der Waals surface area contributed by atoms with Gasteiger partial charge < -0.3 is 38.4 Å². The van der Waals surface area contributed by atoms with Gasteiger partial charge in [-0.25, -0.2) is 14.6 Å². The first-order valence-electron chi connectivity index (χ1n) is 28.8. The Morgan fingerprint density at radius 1 is 0.651 bits per heavy atom. The second-order valence-corrected chi connectivity index (χ2v) is 21.9. The lowest BCUT2D eigenvalue weighted by atomic mass is 9.90. The van der Waals surface area contributed by atoms with Gasteiger partial charge in [-0.15, -0.1) is 22.7 Å². The molecule has 1 atom stereocenters. The summed E-state index contributed by atoms with van der Waals surface area (Å²) in [6.07, 6.45) is 21.2. The minimum atomic E-state index is -2.56. The van der Waals surface area contributed by atoms with Crippen LogP contribution in [0.5, 0.6) is 28.7 Å². The summed E-state index contributed by atoms with van der Waals surface area (Å²) < 4.78 is 75.5. The first-order valence-corrected chi connectivity index (χ1v) is 30.5. The van der Waals surface area contributed by atoms with E-state index >= 15 is 0 Å². The summed E-state index contributed by atoms with van der Waals surface area (Å²) in [5.41, 5.74) is 1.81. The summed E-state index contributed by atoms with van der Waals surface area (Å²) in [6, 6.07) is 16.1. The van der Waals surface area contributed by atoms with Gasteiger partial charge in [-0.1, -0.05) is 103 Å². The molecule has 0 fully saturated rings. The first-order chi connectivity index (χ1) is 40.4. The van der Waals surface area contributed by atoms with Crippen LogP contribution in [0.15, 0.2) is 89.3 Å². The topological polar surface area (TPSA) is 149 Å². The summed E-state index contributed by atoms with van der Waals surface area (Å²) in [5, 5.41) is 29.1. The Morgan fingerprint density at radius 2 is 1.16 bits per heavy atom. The number of aliphatic hydroxyl groups excluding tert-OH is 1. The van der Waals surface area contributed by atoms with Gasteiger partial charge >= 0.3 is 12.1 Å². The third kappa shape index (κ3) is 20.4. The molecule has 18 heteroatoms. The average Bonchev–Trinajstić information content (AvgIpc) is 3.93. The largest absolute Gasteiger partial charge is 0.493 e. The van der Waals surface area contributed by atoms with Crippen LogP contribution < -0.4 is 28.6 Å². The number of nitriles is 2. The molecule has 0 aliphatic carbocycles. The second kappa shape index (κ2) is 36.6. The lowest BCUT2D eigenvalue weighted by molar-refractivity contribution is -0.304. The molecular weight excluding hydrogens is 1100 g/mol. The maximum Gasteiger partial charge on any atom is 0.344 e. The van der Waals surface area contributed by atoms with Crippen LogP contribution in [-0.2, 0) is 21.1 Å². The number of thiophene rings is 2. The number of allylic oxidation sites excluding steroid dienone is 1. The molecule has 1 unspecified atom stereocenters. The van der Waals surface area contributed by atoms with Crippen LogP contribution >= 0.6 is 22.7 Å². The van der Waals surface area contributed by atoms with Gasteiger partial charge in [0.25, 0.3) is 0 Å². The normalized spacial score (nSPS) is 14.0. The molecule has 0 amide bonds. The number of halogens is 3. The number of anilines is 1. The number of benzene rings is 2. The molecule has 1 N–H and O–H groups in total. The average molecular weight is 1180 g/mol. The zero-order chi connectivity index (χ0) is 59.8.